The number of hydrogen-bond acceptors (Lipinski definition) is 13. The Kier molecular flexibility index (Phi) is 15.1. The molecule has 17 nitrogen and oxygen atoms in total. The van der Waals surface area contributed by atoms with Crippen molar-refractivity contribution in [2.24, 2.45) is 29.4 Å². The van der Waals surface area contributed by atoms with E-state index in [-0.39, 0.29) is 49.4 Å². The van der Waals surface area contributed by atoms with Crippen LogP contribution in [0.15, 0.2) is 30.4 Å². The number of nitrogens with one attached hydrogen (secondary N) is 3. The molecule has 0 bridgehead atoms. The Hall–Kier alpha value is -4.78. The third-order valence-electron chi connectivity index (χ3n) is 11.7. The van der Waals surface area contributed by atoms with E-state index in [0.717, 1.165) is 19.3 Å². The smallest absolute Gasteiger partial charge is 0.422 e. The van der Waals surface area contributed by atoms with Crippen molar-refractivity contribution in [1.29, 1.82) is 0 Å². The Morgan fingerprint density at radius 3 is 2.48 bits per heavy atom. The molecule has 7 atom stereocenters. The molecule has 3 aliphatic rings. The van der Waals surface area contributed by atoms with E-state index in [1.165, 1.54) is 4.90 Å². The van der Waals surface area contributed by atoms with Gasteiger partial charge in [-0.25, -0.2) is 28.0 Å². The minimum Gasteiger partial charge on any atom is -0.497 e. The Labute approximate surface area is 358 Å². The summed E-state index contributed by atoms with van der Waals surface area (Å²) in [6.07, 6.45) is 7.09. The quantitative estimate of drug-likeness (QED) is 0.114. The summed E-state index contributed by atoms with van der Waals surface area (Å²) < 4.78 is 56.7. The second-order valence-corrected chi connectivity index (χ2v) is 20.1. The topological polar surface area (TPSA) is 224 Å². The van der Waals surface area contributed by atoms with Gasteiger partial charge < -0.3 is 29.7 Å². The summed E-state index contributed by atoms with van der Waals surface area (Å²) in [5.41, 5.74) is 11.1. The average Bonchev–Trinajstić information content (AvgIpc) is 3.67. The number of allylic oxidation sites excluding steroid dienone is 2. The van der Waals surface area contributed by atoms with Crippen molar-refractivity contribution in [3.8, 4) is 11.6 Å². The van der Waals surface area contributed by atoms with Crippen molar-refractivity contribution in [1.82, 2.24) is 30.4 Å². The van der Waals surface area contributed by atoms with E-state index in [1.54, 1.807) is 65.1 Å². The number of anilines is 1. The third kappa shape index (κ3) is 11.8. The summed E-state index contributed by atoms with van der Waals surface area (Å²) in [7, 11) is 1.08. The highest BCUT2D eigenvalue weighted by atomic mass is 32.2. The van der Waals surface area contributed by atoms with Gasteiger partial charge in [-0.15, -0.1) is 0 Å². The highest BCUT2D eigenvalue weighted by Gasteiger charge is 2.56. The fraction of sp³-hybridized carbons (Fsp3) is 0.667. The number of carbonyl (C=O) groups is 4. The molecule has 1 aromatic carbocycles. The molecule has 19 heteroatoms. The number of amides is 4. The standard InChI is InChI=1S/C42H63FN8O9S/c1-25(12-9-10-13-27-14-11-15-30(27)36(53)49-61(56,57)42(24-43)18-19-42)20-26(2)34(47-48-40(55)60-41(3,4)5)38(54)51-23-29(22-33(51)35(44)52)59-37-31-17-16-28(58-8)21-32(31)45-39(46-37)50(6)7/h10,13,16-17,21,25-27,29-30,33-34,47H,9,11-12,14-15,18-20,22-24H2,1-8H3,(H2,44,52)(H,48,55)(H,49,53)/b13-10-/t25-,26-,27-,29-,30?,33+,34+/m1/s1. The van der Waals surface area contributed by atoms with Gasteiger partial charge in [0.25, 0.3) is 0 Å². The number of nitrogens with two attached hydrogens (primary N) is 1. The molecule has 1 aliphatic heterocycles. The first kappa shape index (κ1) is 47.3. The molecular formula is C42H63FN8O9S. The third-order valence-corrected chi connectivity index (χ3v) is 13.8. The number of fused-ring (bicyclic) bond motifs is 1. The maximum Gasteiger partial charge on any atom is 0.422 e. The molecule has 2 aromatic rings. The molecule has 2 heterocycles. The van der Waals surface area contributed by atoms with Crippen LogP contribution >= 0.6 is 0 Å². The molecule has 2 saturated carbocycles. The predicted molar refractivity (Wildman–Crippen MR) is 228 cm³/mol. The van der Waals surface area contributed by atoms with Crippen LogP contribution in [-0.2, 0) is 29.1 Å². The largest absolute Gasteiger partial charge is 0.497 e. The van der Waals surface area contributed by atoms with E-state index < -0.39 is 75.0 Å². The number of rotatable bonds is 19. The number of methoxy groups -OCH3 is 1. The molecule has 5 rings (SSSR count). The number of nitrogens with zero attached hydrogens (tertiary/aromatic N) is 4. The van der Waals surface area contributed by atoms with Gasteiger partial charge in [-0.1, -0.05) is 32.4 Å². The summed E-state index contributed by atoms with van der Waals surface area (Å²) in [6, 6.07) is 3.33. The van der Waals surface area contributed by atoms with Crippen LogP contribution in [0.1, 0.15) is 92.4 Å². The second-order valence-electron chi connectivity index (χ2n) is 18.1. The van der Waals surface area contributed by atoms with Crippen molar-refractivity contribution in [2.75, 3.05) is 39.3 Å². The molecule has 338 valence electrons. The van der Waals surface area contributed by atoms with Crippen LogP contribution in [0.5, 0.6) is 11.6 Å². The first-order valence-corrected chi connectivity index (χ1v) is 22.5. The zero-order chi connectivity index (χ0) is 44.9. The number of benzene rings is 1. The van der Waals surface area contributed by atoms with Crippen molar-refractivity contribution in [3.63, 3.8) is 0 Å². The molecule has 3 fully saturated rings. The number of primary amides is 1. The van der Waals surface area contributed by atoms with Crippen LogP contribution in [-0.4, -0.2) is 110 Å². The van der Waals surface area contributed by atoms with Gasteiger partial charge >= 0.3 is 6.09 Å². The van der Waals surface area contributed by atoms with Gasteiger partial charge in [0.15, 0.2) is 0 Å². The van der Waals surface area contributed by atoms with Crippen LogP contribution in [0.3, 0.4) is 0 Å². The lowest BCUT2D eigenvalue weighted by atomic mass is 9.88. The van der Waals surface area contributed by atoms with Crippen LogP contribution in [0, 0.1) is 23.7 Å². The fourth-order valence-electron chi connectivity index (χ4n) is 8.12. The zero-order valence-corrected chi connectivity index (χ0v) is 37.3. The molecule has 1 aromatic heterocycles. The van der Waals surface area contributed by atoms with Crippen LogP contribution in [0.2, 0.25) is 0 Å². The Balaban J connectivity index is 1.25. The molecule has 5 N–H and O–H groups in total. The van der Waals surface area contributed by atoms with Crippen molar-refractivity contribution >= 4 is 50.7 Å². The van der Waals surface area contributed by atoms with Gasteiger partial charge in [-0.2, -0.15) is 4.98 Å². The number of hydrazine groups is 1. The number of likely N-dealkylation sites (tertiary alicyclic amines) is 1. The summed E-state index contributed by atoms with van der Waals surface area (Å²) >= 11 is 0. The van der Waals surface area contributed by atoms with Crippen LogP contribution < -0.4 is 35.7 Å². The summed E-state index contributed by atoms with van der Waals surface area (Å²) in [5.74, 6) is -1.36. The number of hydrogen-bond donors (Lipinski definition) is 4. The lowest BCUT2D eigenvalue weighted by Gasteiger charge is -2.32. The van der Waals surface area contributed by atoms with E-state index in [0.29, 0.717) is 41.9 Å². The Bertz CT molecular complexity index is 2060. The number of aromatic nitrogens is 2. The summed E-state index contributed by atoms with van der Waals surface area (Å²) in [6.45, 7) is 8.11. The van der Waals surface area contributed by atoms with Crippen molar-refractivity contribution in [3.05, 3.63) is 30.4 Å². The Morgan fingerprint density at radius 2 is 1.85 bits per heavy atom. The van der Waals surface area contributed by atoms with Gasteiger partial charge in [0, 0.05) is 32.5 Å². The molecule has 4 amide bonds. The number of alkyl halides is 1. The average molecular weight is 875 g/mol. The summed E-state index contributed by atoms with van der Waals surface area (Å²) in [4.78, 5) is 65.6. The molecule has 2 aliphatic carbocycles. The predicted octanol–water partition coefficient (Wildman–Crippen LogP) is 4.30. The molecule has 0 spiro atoms. The molecular weight excluding hydrogens is 812 g/mol. The minimum atomic E-state index is -4.08. The first-order valence-electron chi connectivity index (χ1n) is 21.0. The highest BCUT2D eigenvalue weighted by Crippen LogP contribution is 2.44. The van der Waals surface area contributed by atoms with Crippen LogP contribution in [0.4, 0.5) is 15.1 Å². The SMILES string of the molecule is COc1ccc2c(O[C@@H]3C[C@@H](C(N)=O)N(C(=O)[C@@H](NNC(=O)OC(C)(C)C)[C@H](C)C[C@H](C)CC/C=C\[C@@H]4CCCC4C(=O)NS(=O)(=O)C4(CF)CC4)C3)nc(N(C)C)nc2c1. The van der Waals surface area contributed by atoms with Gasteiger partial charge in [0.05, 0.1) is 24.6 Å². The monoisotopic (exact) mass is 874 g/mol. The van der Waals surface area contributed by atoms with Gasteiger partial charge in [-0.05, 0) is 95.6 Å². The van der Waals surface area contributed by atoms with E-state index in [2.05, 4.69) is 32.5 Å². The maximum absolute atomic E-state index is 14.5. The molecule has 1 unspecified atom stereocenters. The van der Waals surface area contributed by atoms with E-state index >= 15 is 0 Å². The first-order chi connectivity index (χ1) is 28.7. The zero-order valence-electron chi connectivity index (χ0n) is 36.5. The number of halogens is 1. The highest BCUT2D eigenvalue weighted by molar-refractivity contribution is 7.91. The van der Waals surface area contributed by atoms with E-state index in [4.69, 9.17) is 19.9 Å². The van der Waals surface area contributed by atoms with Crippen molar-refractivity contribution < 1.29 is 46.2 Å². The number of sulfonamides is 1. The van der Waals surface area contributed by atoms with Crippen molar-refractivity contribution in [2.45, 2.75) is 121 Å². The maximum atomic E-state index is 14.5. The van der Waals surface area contributed by atoms with E-state index in [1.807, 2.05) is 19.1 Å². The lowest BCUT2D eigenvalue weighted by molar-refractivity contribution is -0.140. The molecule has 0 radical (unpaired) electrons. The van der Waals surface area contributed by atoms with E-state index in [9.17, 15) is 32.0 Å². The Morgan fingerprint density at radius 1 is 1.13 bits per heavy atom. The lowest BCUT2D eigenvalue weighted by Crippen LogP contribution is -2.58. The normalized spacial score (nSPS) is 22.7. The molecule has 61 heavy (non-hydrogen) atoms. The number of carbonyl (C=O) groups excluding carboxylic acids is 4. The van der Waals surface area contributed by atoms with Gasteiger partial charge in [0.2, 0.25) is 39.6 Å². The van der Waals surface area contributed by atoms with Gasteiger partial charge in [0.1, 0.15) is 41.0 Å². The molecule has 1 saturated heterocycles. The summed E-state index contributed by atoms with van der Waals surface area (Å²) in [5, 5.41) is 0.617. The minimum absolute atomic E-state index is 0.0198. The number of ether oxygens (including phenoxy) is 3. The second kappa shape index (κ2) is 19.5. The van der Waals surface area contributed by atoms with Gasteiger partial charge in [-0.3, -0.25) is 24.5 Å². The fourth-order valence-corrected chi connectivity index (χ4v) is 9.54. The van der Waals surface area contributed by atoms with Crippen LogP contribution in [0.25, 0.3) is 10.9 Å².